The number of halogens is 2. The van der Waals surface area contributed by atoms with E-state index < -0.39 is 17.0 Å². The molecule has 2 amide bonds. The molecule has 1 fully saturated rings. The monoisotopic (exact) mass is 478 g/mol. The second-order valence-corrected chi connectivity index (χ2v) is 8.50. The molecule has 0 unspecified atom stereocenters. The van der Waals surface area contributed by atoms with Crippen LogP contribution in [0.4, 0.5) is 9.18 Å². The third-order valence-corrected chi connectivity index (χ3v) is 6.22. The van der Waals surface area contributed by atoms with E-state index >= 15 is 0 Å². The molecule has 1 aliphatic rings. The van der Waals surface area contributed by atoms with Gasteiger partial charge in [0.1, 0.15) is 18.2 Å². The van der Waals surface area contributed by atoms with Crippen LogP contribution in [0.5, 0.6) is 5.75 Å². The van der Waals surface area contributed by atoms with Crippen molar-refractivity contribution in [1.82, 2.24) is 4.90 Å². The third-order valence-electron chi connectivity index (χ3n) is 4.96. The summed E-state index contributed by atoms with van der Waals surface area (Å²) in [7, 11) is 0. The number of hydrogen-bond acceptors (Lipinski definition) is 5. The minimum absolute atomic E-state index is 0.0992. The van der Waals surface area contributed by atoms with Gasteiger partial charge in [-0.25, -0.2) is 4.39 Å². The highest BCUT2D eigenvalue weighted by Gasteiger charge is 2.35. The van der Waals surface area contributed by atoms with E-state index in [1.54, 1.807) is 42.5 Å². The van der Waals surface area contributed by atoms with E-state index in [1.807, 2.05) is 12.1 Å². The SMILES string of the molecule is N#Cc1ccccc1COc1ccc(/C=C2\SC(=O)N(Cc3c(F)cccc3Cl)C2=O)cc1. The fraction of sp³-hybridized carbons (Fsp3) is 0.0800. The molecule has 0 spiro atoms. The summed E-state index contributed by atoms with van der Waals surface area (Å²) in [6.07, 6.45) is 1.60. The number of nitrogens with zero attached hydrogens (tertiary/aromatic N) is 2. The van der Waals surface area contributed by atoms with Gasteiger partial charge in [0, 0.05) is 16.1 Å². The van der Waals surface area contributed by atoms with Crippen molar-refractivity contribution in [2.45, 2.75) is 13.2 Å². The quantitative estimate of drug-likeness (QED) is 0.396. The summed E-state index contributed by atoms with van der Waals surface area (Å²) in [6, 6.07) is 20.5. The molecule has 0 N–H and O–H groups in total. The molecular weight excluding hydrogens is 463 g/mol. The first-order valence-corrected chi connectivity index (χ1v) is 11.0. The molecular formula is C25H16ClFN2O3S. The smallest absolute Gasteiger partial charge is 0.293 e. The Balaban J connectivity index is 1.44. The van der Waals surface area contributed by atoms with Crippen LogP contribution in [-0.2, 0) is 17.9 Å². The van der Waals surface area contributed by atoms with Gasteiger partial charge in [-0.2, -0.15) is 5.26 Å². The van der Waals surface area contributed by atoms with Gasteiger partial charge < -0.3 is 4.74 Å². The molecule has 0 saturated carbocycles. The molecule has 0 aliphatic carbocycles. The van der Waals surface area contributed by atoms with Gasteiger partial charge in [-0.15, -0.1) is 0 Å². The molecule has 4 rings (SSSR count). The lowest BCUT2D eigenvalue weighted by molar-refractivity contribution is -0.123. The number of hydrogen-bond donors (Lipinski definition) is 0. The highest BCUT2D eigenvalue weighted by Crippen LogP contribution is 2.34. The second-order valence-electron chi connectivity index (χ2n) is 7.09. The van der Waals surface area contributed by atoms with Crippen LogP contribution in [0.3, 0.4) is 0 Å². The second kappa shape index (κ2) is 9.90. The van der Waals surface area contributed by atoms with Gasteiger partial charge in [0.2, 0.25) is 0 Å². The molecule has 1 heterocycles. The van der Waals surface area contributed by atoms with Crippen LogP contribution in [0.25, 0.3) is 6.08 Å². The van der Waals surface area contributed by atoms with Crippen LogP contribution in [-0.4, -0.2) is 16.0 Å². The van der Waals surface area contributed by atoms with Crippen LogP contribution in [0.15, 0.2) is 71.6 Å². The van der Waals surface area contributed by atoms with Crippen LogP contribution in [0.2, 0.25) is 5.02 Å². The van der Waals surface area contributed by atoms with Crippen molar-refractivity contribution in [2.24, 2.45) is 0 Å². The van der Waals surface area contributed by atoms with Crippen molar-refractivity contribution >= 4 is 40.6 Å². The van der Waals surface area contributed by atoms with E-state index in [0.717, 1.165) is 22.2 Å². The Morgan fingerprint density at radius 1 is 1.06 bits per heavy atom. The van der Waals surface area contributed by atoms with E-state index in [2.05, 4.69) is 6.07 Å². The van der Waals surface area contributed by atoms with Crippen molar-refractivity contribution in [3.05, 3.63) is 105 Å². The Kier molecular flexibility index (Phi) is 6.78. The first-order valence-electron chi connectivity index (χ1n) is 9.85. The van der Waals surface area contributed by atoms with Crippen molar-refractivity contribution < 1.29 is 18.7 Å². The molecule has 8 heteroatoms. The lowest BCUT2D eigenvalue weighted by Crippen LogP contribution is -2.28. The number of rotatable bonds is 6. The average Bonchev–Trinajstić information content (AvgIpc) is 3.08. The molecule has 3 aromatic carbocycles. The molecule has 5 nitrogen and oxygen atoms in total. The van der Waals surface area contributed by atoms with Gasteiger partial charge >= 0.3 is 0 Å². The Bertz CT molecular complexity index is 1280. The molecule has 1 aliphatic heterocycles. The fourth-order valence-electron chi connectivity index (χ4n) is 3.21. The zero-order valence-corrected chi connectivity index (χ0v) is 18.7. The van der Waals surface area contributed by atoms with E-state index in [-0.39, 0.29) is 28.6 Å². The summed E-state index contributed by atoms with van der Waals surface area (Å²) < 4.78 is 19.8. The Labute approximate surface area is 199 Å². The van der Waals surface area contributed by atoms with Crippen LogP contribution < -0.4 is 4.74 Å². The maximum Gasteiger partial charge on any atom is 0.293 e. The van der Waals surface area contributed by atoms with E-state index in [4.69, 9.17) is 21.6 Å². The van der Waals surface area contributed by atoms with Gasteiger partial charge in [0.15, 0.2) is 0 Å². The van der Waals surface area contributed by atoms with Crippen molar-refractivity contribution in [3.8, 4) is 11.8 Å². The molecule has 33 heavy (non-hydrogen) atoms. The number of ether oxygens (including phenoxy) is 1. The first-order chi connectivity index (χ1) is 16.0. The summed E-state index contributed by atoms with van der Waals surface area (Å²) in [5.41, 5.74) is 2.14. The summed E-state index contributed by atoms with van der Waals surface area (Å²) in [6.45, 7) is 0.0189. The minimum Gasteiger partial charge on any atom is -0.489 e. The zero-order chi connectivity index (χ0) is 23.4. The fourth-order valence-corrected chi connectivity index (χ4v) is 4.27. The van der Waals surface area contributed by atoms with E-state index in [9.17, 15) is 14.0 Å². The highest BCUT2D eigenvalue weighted by molar-refractivity contribution is 8.18. The average molecular weight is 479 g/mol. The Morgan fingerprint density at radius 2 is 1.82 bits per heavy atom. The van der Waals surface area contributed by atoms with E-state index in [0.29, 0.717) is 16.9 Å². The molecule has 0 bridgehead atoms. The number of benzene rings is 3. The largest absolute Gasteiger partial charge is 0.489 e. The van der Waals surface area contributed by atoms with Crippen LogP contribution in [0, 0.1) is 17.1 Å². The summed E-state index contributed by atoms with van der Waals surface area (Å²) >= 11 is 6.82. The highest BCUT2D eigenvalue weighted by atomic mass is 35.5. The molecule has 0 radical (unpaired) electrons. The molecule has 0 atom stereocenters. The molecule has 1 saturated heterocycles. The van der Waals surface area contributed by atoms with Crippen molar-refractivity contribution in [2.75, 3.05) is 0 Å². The number of nitriles is 1. The summed E-state index contributed by atoms with van der Waals surface area (Å²) in [5.74, 6) is -0.474. The topological polar surface area (TPSA) is 70.4 Å². The van der Waals surface area contributed by atoms with Gasteiger partial charge in [0.05, 0.1) is 23.1 Å². The Hall–Kier alpha value is -3.60. The number of amides is 2. The zero-order valence-electron chi connectivity index (χ0n) is 17.1. The minimum atomic E-state index is -0.571. The predicted octanol–water partition coefficient (Wildman–Crippen LogP) is 6.17. The van der Waals surface area contributed by atoms with Gasteiger partial charge in [0.25, 0.3) is 11.1 Å². The summed E-state index contributed by atoms with van der Waals surface area (Å²) in [5, 5.41) is 8.84. The van der Waals surface area contributed by atoms with Crippen LogP contribution in [0.1, 0.15) is 22.3 Å². The van der Waals surface area contributed by atoms with E-state index in [1.165, 1.54) is 18.2 Å². The number of imide groups is 1. The lowest BCUT2D eigenvalue weighted by Gasteiger charge is -2.14. The van der Waals surface area contributed by atoms with Gasteiger partial charge in [-0.05, 0) is 53.7 Å². The summed E-state index contributed by atoms with van der Waals surface area (Å²) in [4.78, 5) is 26.3. The van der Waals surface area contributed by atoms with Crippen molar-refractivity contribution in [1.29, 1.82) is 5.26 Å². The lowest BCUT2D eigenvalue weighted by atomic mass is 10.1. The van der Waals surface area contributed by atoms with Gasteiger partial charge in [-0.3, -0.25) is 14.5 Å². The number of carbonyl (C=O) groups excluding carboxylic acids is 2. The number of thioether (sulfide) groups is 1. The number of carbonyl (C=O) groups is 2. The maximum absolute atomic E-state index is 14.1. The van der Waals surface area contributed by atoms with Crippen molar-refractivity contribution in [3.63, 3.8) is 0 Å². The third kappa shape index (κ3) is 5.08. The Morgan fingerprint density at radius 3 is 2.55 bits per heavy atom. The normalized spacial score (nSPS) is 14.6. The van der Waals surface area contributed by atoms with Gasteiger partial charge in [-0.1, -0.05) is 48.0 Å². The first kappa shape index (κ1) is 22.6. The molecule has 164 valence electrons. The maximum atomic E-state index is 14.1. The van der Waals surface area contributed by atoms with Crippen LogP contribution >= 0.6 is 23.4 Å². The standard InChI is InChI=1S/C25H16ClFN2O3S/c26-21-6-3-7-22(27)20(21)14-29-24(30)23(33-25(29)31)12-16-8-10-19(11-9-16)32-15-18-5-2-1-4-17(18)13-28/h1-12H,14-15H2/b23-12-. The molecule has 3 aromatic rings. The molecule has 0 aromatic heterocycles. The predicted molar refractivity (Wildman–Crippen MR) is 125 cm³/mol.